The lowest BCUT2D eigenvalue weighted by atomic mass is 9.85. The normalized spacial score (nSPS) is 16.0. The Balaban J connectivity index is 2.15. The van der Waals surface area contributed by atoms with Gasteiger partial charge in [-0.25, -0.2) is 9.59 Å². The number of hydrogen-bond acceptors (Lipinski definition) is 5. The number of allylic oxidation sites excluding steroid dienone is 1. The van der Waals surface area contributed by atoms with E-state index in [-0.39, 0.29) is 5.57 Å². The minimum atomic E-state index is -0.616. The fourth-order valence-electron chi connectivity index (χ4n) is 3.04. The molecule has 0 saturated carbocycles. The Morgan fingerprint density at radius 3 is 2.37 bits per heavy atom. The number of rotatable bonds is 4. The van der Waals surface area contributed by atoms with Crippen molar-refractivity contribution < 1.29 is 19.1 Å². The van der Waals surface area contributed by atoms with Gasteiger partial charge >= 0.3 is 11.9 Å². The highest BCUT2D eigenvalue weighted by Gasteiger charge is 2.27. The van der Waals surface area contributed by atoms with Crippen molar-refractivity contribution in [2.75, 3.05) is 14.2 Å². The minimum absolute atomic E-state index is 0.192. The zero-order chi connectivity index (χ0) is 19.2. The van der Waals surface area contributed by atoms with Gasteiger partial charge in [-0.1, -0.05) is 60.7 Å². The van der Waals surface area contributed by atoms with Crippen LogP contribution in [-0.4, -0.2) is 31.9 Å². The molecule has 0 aliphatic carbocycles. The van der Waals surface area contributed by atoms with Crippen molar-refractivity contribution >= 4 is 17.7 Å². The first kappa shape index (κ1) is 18.3. The van der Waals surface area contributed by atoms with Gasteiger partial charge in [-0.2, -0.15) is 0 Å². The van der Waals surface area contributed by atoms with Gasteiger partial charge in [0.15, 0.2) is 0 Å². The zero-order valence-electron chi connectivity index (χ0n) is 15.1. The number of hydrogen-bond donors (Lipinski definition) is 0. The quantitative estimate of drug-likeness (QED) is 0.618. The van der Waals surface area contributed by atoms with Crippen LogP contribution in [0.1, 0.15) is 22.6 Å². The molecule has 0 radical (unpaired) electrons. The van der Waals surface area contributed by atoms with E-state index in [2.05, 4.69) is 4.99 Å². The summed E-state index contributed by atoms with van der Waals surface area (Å²) in [5.41, 5.74) is 3.70. The summed E-state index contributed by atoms with van der Waals surface area (Å²) in [6.07, 6.45) is 4.60. The topological polar surface area (TPSA) is 65.0 Å². The molecular formula is C22H19NO4. The molecule has 1 atom stereocenters. The molecule has 0 saturated heterocycles. The molecule has 2 aromatic carbocycles. The van der Waals surface area contributed by atoms with E-state index >= 15 is 0 Å². The van der Waals surface area contributed by atoms with Crippen molar-refractivity contribution in [2.45, 2.75) is 5.92 Å². The number of benzene rings is 2. The van der Waals surface area contributed by atoms with Crippen LogP contribution in [0.2, 0.25) is 0 Å². The van der Waals surface area contributed by atoms with Crippen molar-refractivity contribution in [3.8, 4) is 0 Å². The first-order valence-electron chi connectivity index (χ1n) is 8.42. The van der Waals surface area contributed by atoms with Crippen LogP contribution in [0.4, 0.5) is 0 Å². The average Bonchev–Trinajstić information content (AvgIpc) is 2.91. The molecule has 1 heterocycles. The standard InChI is InChI=1S/C22H19NO4/c1-26-20(24)14-19(22(25)27-2)17-12-13-23-21(15-8-4-3-5-9-15)18-11-7-6-10-16(17)18/h3-14,17H,1-2H3/b19-14-. The second kappa shape index (κ2) is 8.27. The van der Waals surface area contributed by atoms with Crippen molar-refractivity contribution in [2.24, 2.45) is 4.99 Å². The molecule has 1 unspecified atom stereocenters. The monoisotopic (exact) mass is 361 g/mol. The molecule has 0 N–H and O–H groups in total. The van der Waals surface area contributed by atoms with E-state index in [4.69, 9.17) is 9.47 Å². The Morgan fingerprint density at radius 2 is 1.67 bits per heavy atom. The molecule has 2 aromatic rings. The highest BCUT2D eigenvalue weighted by molar-refractivity contribution is 6.14. The van der Waals surface area contributed by atoms with Gasteiger partial charge in [-0.3, -0.25) is 4.99 Å². The summed E-state index contributed by atoms with van der Waals surface area (Å²) < 4.78 is 9.59. The molecule has 1 aliphatic heterocycles. The van der Waals surface area contributed by atoms with Crippen LogP contribution in [0.3, 0.4) is 0 Å². The molecule has 0 bridgehead atoms. The van der Waals surface area contributed by atoms with Gasteiger partial charge in [0.2, 0.25) is 0 Å². The summed E-state index contributed by atoms with van der Waals surface area (Å²) in [6.45, 7) is 0. The molecule has 3 rings (SSSR count). The Bertz CT molecular complexity index is 942. The second-order valence-corrected chi connectivity index (χ2v) is 5.86. The maximum Gasteiger partial charge on any atom is 0.334 e. The fraction of sp³-hybridized carbons (Fsp3) is 0.136. The lowest BCUT2D eigenvalue weighted by Gasteiger charge is -2.18. The minimum Gasteiger partial charge on any atom is -0.466 e. The first-order valence-corrected chi connectivity index (χ1v) is 8.42. The van der Waals surface area contributed by atoms with Gasteiger partial charge in [0, 0.05) is 29.3 Å². The molecule has 27 heavy (non-hydrogen) atoms. The molecule has 5 nitrogen and oxygen atoms in total. The maximum atomic E-state index is 12.4. The third kappa shape index (κ3) is 3.87. The number of methoxy groups -OCH3 is 2. The number of fused-ring (bicyclic) bond motifs is 1. The molecule has 0 aromatic heterocycles. The number of carbonyl (C=O) groups excluding carboxylic acids is 2. The largest absolute Gasteiger partial charge is 0.466 e. The van der Waals surface area contributed by atoms with Crippen LogP contribution in [0.25, 0.3) is 0 Å². The molecular weight excluding hydrogens is 342 g/mol. The maximum absolute atomic E-state index is 12.4. The van der Waals surface area contributed by atoms with E-state index in [0.717, 1.165) is 22.4 Å². The third-order valence-corrected chi connectivity index (χ3v) is 4.31. The Kier molecular flexibility index (Phi) is 5.61. The lowest BCUT2D eigenvalue weighted by molar-refractivity contribution is -0.138. The summed E-state index contributed by atoms with van der Waals surface area (Å²) in [7, 11) is 2.55. The van der Waals surface area contributed by atoms with Gasteiger partial charge < -0.3 is 9.47 Å². The summed E-state index contributed by atoms with van der Waals surface area (Å²) in [5, 5.41) is 0. The van der Waals surface area contributed by atoms with E-state index in [0.29, 0.717) is 0 Å². The Labute approximate surface area is 157 Å². The molecule has 0 amide bonds. The van der Waals surface area contributed by atoms with Gasteiger partial charge in [0.25, 0.3) is 0 Å². The number of ether oxygens (including phenoxy) is 2. The van der Waals surface area contributed by atoms with E-state index in [1.807, 2.05) is 54.6 Å². The summed E-state index contributed by atoms with van der Waals surface area (Å²) in [6, 6.07) is 17.5. The van der Waals surface area contributed by atoms with Crippen molar-refractivity contribution in [3.63, 3.8) is 0 Å². The van der Waals surface area contributed by atoms with Crippen molar-refractivity contribution in [3.05, 3.63) is 95.2 Å². The van der Waals surface area contributed by atoms with Crippen LogP contribution >= 0.6 is 0 Å². The van der Waals surface area contributed by atoms with E-state index in [1.165, 1.54) is 20.3 Å². The predicted octanol–water partition coefficient (Wildman–Crippen LogP) is 3.41. The lowest BCUT2D eigenvalue weighted by Crippen LogP contribution is -2.16. The summed E-state index contributed by atoms with van der Waals surface area (Å²) in [4.78, 5) is 28.8. The van der Waals surface area contributed by atoms with Crippen LogP contribution in [-0.2, 0) is 19.1 Å². The molecule has 0 spiro atoms. The molecule has 0 fully saturated rings. The number of carbonyl (C=O) groups is 2. The van der Waals surface area contributed by atoms with Crippen molar-refractivity contribution in [1.29, 1.82) is 0 Å². The smallest absolute Gasteiger partial charge is 0.334 e. The summed E-state index contributed by atoms with van der Waals surface area (Å²) in [5.74, 6) is -1.69. The molecule has 136 valence electrons. The van der Waals surface area contributed by atoms with Gasteiger partial charge in [-0.05, 0) is 5.56 Å². The van der Waals surface area contributed by atoms with Crippen molar-refractivity contribution in [1.82, 2.24) is 0 Å². The van der Waals surface area contributed by atoms with Crippen LogP contribution in [0.15, 0.2) is 83.5 Å². The van der Waals surface area contributed by atoms with Gasteiger partial charge in [0.05, 0.1) is 25.5 Å². The molecule has 1 aliphatic rings. The molecule has 5 heteroatoms. The van der Waals surface area contributed by atoms with E-state index < -0.39 is 17.9 Å². The van der Waals surface area contributed by atoms with Crippen LogP contribution in [0.5, 0.6) is 0 Å². The Morgan fingerprint density at radius 1 is 0.963 bits per heavy atom. The van der Waals surface area contributed by atoms with Gasteiger partial charge in [-0.15, -0.1) is 0 Å². The first-order chi connectivity index (χ1) is 13.2. The van der Waals surface area contributed by atoms with Gasteiger partial charge in [0.1, 0.15) is 0 Å². The van der Waals surface area contributed by atoms with E-state index in [9.17, 15) is 9.59 Å². The van der Waals surface area contributed by atoms with E-state index in [1.54, 1.807) is 12.3 Å². The SMILES string of the molecule is COC(=O)/C=C(\C(=O)OC)C1C=CN=C(c2ccccc2)c2ccccc21. The Hall–Kier alpha value is -3.47. The third-order valence-electron chi connectivity index (χ3n) is 4.31. The highest BCUT2D eigenvalue weighted by Crippen LogP contribution is 2.33. The number of nitrogens with zero attached hydrogens (tertiary/aromatic N) is 1. The second-order valence-electron chi connectivity index (χ2n) is 5.86. The summed E-state index contributed by atoms with van der Waals surface area (Å²) >= 11 is 0. The number of aliphatic imine (C=N–C) groups is 1. The van der Waals surface area contributed by atoms with Crippen LogP contribution in [0, 0.1) is 0 Å². The number of esters is 2. The predicted molar refractivity (Wildman–Crippen MR) is 103 cm³/mol. The highest BCUT2D eigenvalue weighted by atomic mass is 16.5. The fourth-order valence-corrected chi connectivity index (χ4v) is 3.04. The average molecular weight is 361 g/mol. The van der Waals surface area contributed by atoms with Crippen LogP contribution < -0.4 is 0 Å². The zero-order valence-corrected chi connectivity index (χ0v) is 15.1.